The number of amides is 1. The van der Waals surface area contributed by atoms with E-state index in [4.69, 9.17) is 5.73 Å². The van der Waals surface area contributed by atoms with Crippen LogP contribution in [0.4, 0.5) is 0 Å². The Morgan fingerprint density at radius 1 is 1.00 bits per heavy atom. The van der Waals surface area contributed by atoms with E-state index in [2.05, 4.69) is 12.2 Å². The van der Waals surface area contributed by atoms with Gasteiger partial charge in [-0.3, -0.25) is 4.79 Å². The Bertz CT molecular complexity index is 204. The largest absolute Gasteiger partial charge is 0.356 e. The number of rotatable bonds is 14. The number of nitrogens with two attached hydrogens (primary N) is 1. The lowest BCUT2D eigenvalue weighted by Crippen LogP contribution is -2.24. The molecule has 0 aliphatic heterocycles. The van der Waals surface area contributed by atoms with Crippen molar-refractivity contribution in [1.29, 1.82) is 0 Å². The number of carbonyl (C=O) groups excluding carboxylic acids is 1. The van der Waals surface area contributed by atoms with E-state index in [0.717, 1.165) is 44.5 Å². The molecule has 0 aliphatic rings. The molecule has 0 aliphatic carbocycles. The maximum absolute atomic E-state index is 11.5. The van der Waals surface area contributed by atoms with Gasteiger partial charge in [0.25, 0.3) is 0 Å². The lowest BCUT2D eigenvalue weighted by molar-refractivity contribution is -0.121. The van der Waals surface area contributed by atoms with Gasteiger partial charge in [0.05, 0.1) is 0 Å². The van der Waals surface area contributed by atoms with Crippen LogP contribution < -0.4 is 11.1 Å². The fourth-order valence-electron chi connectivity index (χ4n) is 1.59. The molecule has 114 valence electrons. The third kappa shape index (κ3) is 16.1. The highest BCUT2D eigenvalue weighted by atomic mass is 33.1. The maximum atomic E-state index is 11.5. The standard InChI is InChI=1S/C14H30N2OS2/c1-2-12-18-19-13-8-5-9-14(17)16-11-7-4-3-6-10-15/h2-13,15H2,1H3,(H,16,17). The molecule has 0 saturated heterocycles. The van der Waals surface area contributed by atoms with E-state index < -0.39 is 0 Å². The number of unbranched alkanes of at least 4 members (excludes halogenated alkanes) is 4. The molecule has 0 heterocycles. The molecule has 0 bridgehead atoms. The molecule has 3 N–H and O–H groups in total. The molecule has 0 aromatic rings. The summed E-state index contributed by atoms with van der Waals surface area (Å²) in [5.74, 6) is 2.61. The van der Waals surface area contributed by atoms with Crippen molar-refractivity contribution in [3.63, 3.8) is 0 Å². The van der Waals surface area contributed by atoms with Gasteiger partial charge in [-0.15, -0.1) is 0 Å². The molecule has 0 radical (unpaired) electrons. The van der Waals surface area contributed by atoms with Crippen molar-refractivity contribution in [3.8, 4) is 0 Å². The molecule has 0 aromatic carbocycles. The molecular weight excluding hydrogens is 276 g/mol. The summed E-state index contributed by atoms with van der Waals surface area (Å²) in [7, 11) is 3.88. The number of hydrogen-bond acceptors (Lipinski definition) is 4. The highest BCUT2D eigenvalue weighted by molar-refractivity contribution is 8.76. The summed E-state index contributed by atoms with van der Waals surface area (Å²) in [6.45, 7) is 3.80. The van der Waals surface area contributed by atoms with Gasteiger partial charge in [-0.1, -0.05) is 41.4 Å². The zero-order chi connectivity index (χ0) is 14.2. The molecule has 0 aromatic heterocycles. The molecule has 0 spiro atoms. The Labute approximate surface area is 126 Å². The molecule has 0 rings (SSSR count). The van der Waals surface area contributed by atoms with Gasteiger partial charge in [0.2, 0.25) is 5.91 Å². The topological polar surface area (TPSA) is 55.1 Å². The van der Waals surface area contributed by atoms with Gasteiger partial charge in [-0.25, -0.2) is 0 Å². The zero-order valence-electron chi connectivity index (χ0n) is 12.3. The van der Waals surface area contributed by atoms with E-state index in [0.29, 0.717) is 6.42 Å². The van der Waals surface area contributed by atoms with E-state index in [1.54, 1.807) is 0 Å². The van der Waals surface area contributed by atoms with Crippen LogP contribution in [0.5, 0.6) is 0 Å². The minimum atomic E-state index is 0.213. The van der Waals surface area contributed by atoms with Crippen LogP contribution in [0.15, 0.2) is 0 Å². The third-order valence-electron chi connectivity index (χ3n) is 2.71. The van der Waals surface area contributed by atoms with Gasteiger partial charge in [0, 0.05) is 24.5 Å². The summed E-state index contributed by atoms with van der Waals surface area (Å²) in [5, 5.41) is 2.99. The van der Waals surface area contributed by atoms with Crippen molar-refractivity contribution in [2.75, 3.05) is 24.6 Å². The van der Waals surface area contributed by atoms with E-state index in [9.17, 15) is 4.79 Å². The zero-order valence-corrected chi connectivity index (χ0v) is 13.9. The highest BCUT2D eigenvalue weighted by Gasteiger charge is 2.00. The first-order chi connectivity index (χ1) is 9.31. The Balaban J connectivity index is 3.13. The third-order valence-corrected chi connectivity index (χ3v) is 5.40. The van der Waals surface area contributed by atoms with Gasteiger partial charge < -0.3 is 11.1 Å². The molecule has 19 heavy (non-hydrogen) atoms. The van der Waals surface area contributed by atoms with E-state index in [1.807, 2.05) is 21.6 Å². The molecule has 3 nitrogen and oxygen atoms in total. The lowest BCUT2D eigenvalue weighted by Gasteiger charge is -2.05. The quantitative estimate of drug-likeness (QED) is 0.380. The van der Waals surface area contributed by atoms with Crippen molar-refractivity contribution in [2.45, 2.75) is 58.3 Å². The molecule has 5 heteroatoms. The van der Waals surface area contributed by atoms with Gasteiger partial charge in [0.1, 0.15) is 0 Å². The lowest BCUT2D eigenvalue weighted by atomic mass is 10.2. The Morgan fingerprint density at radius 3 is 2.47 bits per heavy atom. The summed E-state index contributed by atoms with van der Waals surface area (Å²) < 4.78 is 0. The Hall–Kier alpha value is 0.130. The fraction of sp³-hybridized carbons (Fsp3) is 0.929. The number of carbonyl (C=O) groups is 1. The van der Waals surface area contributed by atoms with Crippen LogP contribution in [-0.2, 0) is 4.79 Å². The molecule has 0 atom stereocenters. The number of nitrogens with one attached hydrogen (secondary N) is 1. The predicted molar refractivity (Wildman–Crippen MR) is 89.6 cm³/mol. The fourth-order valence-corrected chi connectivity index (χ4v) is 3.87. The second kappa shape index (κ2) is 16.2. The van der Waals surface area contributed by atoms with Crippen molar-refractivity contribution in [1.82, 2.24) is 5.32 Å². The second-order valence-corrected chi connectivity index (χ2v) is 7.36. The summed E-state index contributed by atoms with van der Waals surface area (Å²) >= 11 is 0. The van der Waals surface area contributed by atoms with Crippen LogP contribution >= 0.6 is 21.6 Å². The SMILES string of the molecule is CCCSSCCCCC(=O)NCCCCCCN. The van der Waals surface area contributed by atoms with Crippen LogP contribution in [-0.4, -0.2) is 30.5 Å². The first kappa shape index (κ1) is 19.1. The van der Waals surface area contributed by atoms with Gasteiger partial charge >= 0.3 is 0 Å². The van der Waals surface area contributed by atoms with Gasteiger partial charge in [-0.2, -0.15) is 0 Å². The Morgan fingerprint density at radius 2 is 1.74 bits per heavy atom. The molecule has 1 amide bonds. The van der Waals surface area contributed by atoms with E-state index >= 15 is 0 Å². The van der Waals surface area contributed by atoms with Crippen LogP contribution in [0.3, 0.4) is 0 Å². The van der Waals surface area contributed by atoms with Crippen LogP contribution in [0.25, 0.3) is 0 Å². The van der Waals surface area contributed by atoms with Crippen molar-refractivity contribution in [3.05, 3.63) is 0 Å². The van der Waals surface area contributed by atoms with Gasteiger partial charge in [-0.05, 0) is 38.6 Å². The van der Waals surface area contributed by atoms with Crippen molar-refractivity contribution < 1.29 is 4.79 Å². The summed E-state index contributed by atoms with van der Waals surface area (Å²) in [5.41, 5.74) is 5.42. The molecular formula is C14H30N2OS2. The average molecular weight is 307 g/mol. The van der Waals surface area contributed by atoms with Crippen molar-refractivity contribution >= 4 is 27.5 Å². The number of hydrogen-bond donors (Lipinski definition) is 2. The maximum Gasteiger partial charge on any atom is 0.219 e. The highest BCUT2D eigenvalue weighted by Crippen LogP contribution is 2.23. The summed E-state index contributed by atoms with van der Waals surface area (Å²) in [6.07, 6.45) is 8.61. The van der Waals surface area contributed by atoms with Gasteiger partial charge in [0.15, 0.2) is 0 Å². The van der Waals surface area contributed by atoms with E-state index in [1.165, 1.54) is 25.0 Å². The smallest absolute Gasteiger partial charge is 0.219 e. The van der Waals surface area contributed by atoms with E-state index in [-0.39, 0.29) is 5.91 Å². The first-order valence-electron chi connectivity index (χ1n) is 7.52. The summed E-state index contributed by atoms with van der Waals surface area (Å²) in [4.78, 5) is 11.5. The van der Waals surface area contributed by atoms with Crippen LogP contribution in [0, 0.1) is 0 Å². The molecule has 0 fully saturated rings. The monoisotopic (exact) mass is 306 g/mol. The van der Waals surface area contributed by atoms with Crippen LogP contribution in [0.1, 0.15) is 58.3 Å². The van der Waals surface area contributed by atoms with Crippen molar-refractivity contribution in [2.24, 2.45) is 5.73 Å². The average Bonchev–Trinajstić information content (AvgIpc) is 2.41. The minimum absolute atomic E-state index is 0.213. The molecule has 0 saturated carbocycles. The first-order valence-corrected chi connectivity index (χ1v) is 10.0. The normalized spacial score (nSPS) is 10.6. The molecule has 0 unspecified atom stereocenters. The van der Waals surface area contributed by atoms with Crippen LogP contribution in [0.2, 0.25) is 0 Å². The predicted octanol–water partition coefficient (Wildman–Crippen LogP) is 3.58. The second-order valence-electron chi connectivity index (χ2n) is 4.65. The summed E-state index contributed by atoms with van der Waals surface area (Å²) in [6, 6.07) is 0. The minimum Gasteiger partial charge on any atom is -0.356 e. The Kier molecular flexibility index (Phi) is 16.3.